The van der Waals surface area contributed by atoms with Crippen molar-refractivity contribution in [2.75, 3.05) is 18.9 Å². The summed E-state index contributed by atoms with van der Waals surface area (Å²) in [6.07, 6.45) is 5.22. The number of aryl methyl sites for hydroxylation is 1. The molecule has 0 fully saturated rings. The lowest BCUT2D eigenvalue weighted by atomic mass is 10.1. The fourth-order valence-electron chi connectivity index (χ4n) is 2.96. The van der Waals surface area contributed by atoms with Crippen LogP contribution in [0.2, 0.25) is 0 Å². The molecule has 3 aromatic rings. The maximum atomic E-state index is 12.6. The summed E-state index contributed by atoms with van der Waals surface area (Å²) < 4.78 is 0. The van der Waals surface area contributed by atoms with Gasteiger partial charge in [0.1, 0.15) is 0 Å². The molecule has 1 aromatic heterocycles. The number of pyridine rings is 1. The van der Waals surface area contributed by atoms with Crippen molar-refractivity contribution in [2.24, 2.45) is 0 Å². The smallest absolute Gasteiger partial charge is 0.255 e. The van der Waals surface area contributed by atoms with E-state index >= 15 is 0 Å². The highest BCUT2D eigenvalue weighted by molar-refractivity contribution is 6.05. The second-order valence-corrected chi connectivity index (χ2v) is 6.91. The molecule has 0 spiro atoms. The number of carbonyl (C=O) groups excluding carboxylic acids is 2. The predicted molar refractivity (Wildman–Crippen MR) is 115 cm³/mol. The van der Waals surface area contributed by atoms with Crippen molar-refractivity contribution < 1.29 is 9.59 Å². The number of rotatable bonds is 7. The number of benzene rings is 2. The van der Waals surface area contributed by atoms with Crippen LogP contribution in [0.1, 0.15) is 38.8 Å². The van der Waals surface area contributed by atoms with E-state index in [4.69, 9.17) is 0 Å². The van der Waals surface area contributed by atoms with Crippen LogP contribution in [0.3, 0.4) is 0 Å². The zero-order chi connectivity index (χ0) is 20.6. The number of carbonyl (C=O) groups is 2. The molecule has 0 radical (unpaired) electrons. The van der Waals surface area contributed by atoms with E-state index in [1.54, 1.807) is 48.6 Å². The maximum Gasteiger partial charge on any atom is 0.255 e. The van der Waals surface area contributed by atoms with Crippen molar-refractivity contribution in [3.63, 3.8) is 0 Å². The van der Waals surface area contributed by atoms with Gasteiger partial charge >= 0.3 is 0 Å². The van der Waals surface area contributed by atoms with Crippen LogP contribution in [0, 0.1) is 0 Å². The zero-order valence-corrected chi connectivity index (χ0v) is 16.8. The lowest BCUT2D eigenvalue weighted by Crippen LogP contribution is -2.28. The Morgan fingerprint density at radius 2 is 1.48 bits per heavy atom. The minimum atomic E-state index is -0.195. The highest BCUT2D eigenvalue weighted by atomic mass is 16.2. The Balaban J connectivity index is 1.57. The van der Waals surface area contributed by atoms with Gasteiger partial charge in [-0.25, -0.2) is 0 Å². The highest BCUT2D eigenvalue weighted by Gasteiger charge is 2.13. The van der Waals surface area contributed by atoms with Gasteiger partial charge in [0.2, 0.25) is 0 Å². The molecule has 148 valence electrons. The van der Waals surface area contributed by atoms with E-state index in [2.05, 4.69) is 17.2 Å². The van der Waals surface area contributed by atoms with E-state index in [-0.39, 0.29) is 11.8 Å². The normalized spacial score (nSPS) is 10.4. The third-order valence-corrected chi connectivity index (χ3v) is 4.85. The largest absolute Gasteiger partial charge is 0.341 e. The van der Waals surface area contributed by atoms with E-state index in [0.717, 1.165) is 24.1 Å². The SMILES string of the molecule is CCc1ccc(NC(=O)c2ccc(C(=O)N(C)CCc3ccncc3)cc2)cc1. The molecule has 0 saturated carbocycles. The predicted octanol–water partition coefficient (Wildman–Crippen LogP) is 4.21. The summed E-state index contributed by atoms with van der Waals surface area (Å²) in [6, 6.07) is 18.4. The number of hydrogen-bond donors (Lipinski definition) is 1. The monoisotopic (exact) mass is 387 g/mol. The van der Waals surface area contributed by atoms with Crippen LogP contribution in [0.25, 0.3) is 0 Å². The Hall–Kier alpha value is -3.47. The molecule has 2 amide bonds. The number of anilines is 1. The number of nitrogens with zero attached hydrogens (tertiary/aromatic N) is 2. The highest BCUT2D eigenvalue weighted by Crippen LogP contribution is 2.13. The van der Waals surface area contributed by atoms with Gasteiger partial charge in [-0.05, 0) is 72.5 Å². The van der Waals surface area contributed by atoms with Gasteiger partial charge in [-0.3, -0.25) is 14.6 Å². The summed E-state index contributed by atoms with van der Waals surface area (Å²) in [5.74, 6) is -0.263. The van der Waals surface area contributed by atoms with E-state index in [1.165, 1.54) is 5.56 Å². The standard InChI is InChI=1S/C24H25N3O2/c1-3-18-4-10-22(11-5-18)26-23(28)20-6-8-21(9-7-20)24(29)27(2)17-14-19-12-15-25-16-13-19/h4-13,15-16H,3,14,17H2,1-2H3,(H,26,28). The Morgan fingerprint density at radius 1 is 0.862 bits per heavy atom. The minimum absolute atomic E-state index is 0.0684. The number of amides is 2. The van der Waals surface area contributed by atoms with Gasteiger partial charge in [0, 0.05) is 42.8 Å². The second kappa shape index (κ2) is 9.64. The first-order valence-electron chi connectivity index (χ1n) is 9.71. The summed E-state index contributed by atoms with van der Waals surface area (Å²) in [5, 5.41) is 2.88. The summed E-state index contributed by atoms with van der Waals surface area (Å²) in [4.78, 5) is 30.7. The summed E-state index contributed by atoms with van der Waals surface area (Å²) in [6.45, 7) is 2.70. The lowest BCUT2D eigenvalue weighted by molar-refractivity contribution is 0.0796. The molecule has 5 nitrogen and oxygen atoms in total. The quantitative estimate of drug-likeness (QED) is 0.660. The van der Waals surface area contributed by atoms with E-state index in [9.17, 15) is 9.59 Å². The molecule has 5 heteroatoms. The fraction of sp³-hybridized carbons (Fsp3) is 0.208. The summed E-state index contributed by atoms with van der Waals surface area (Å²) >= 11 is 0. The van der Waals surface area contributed by atoms with Crippen molar-refractivity contribution in [3.05, 3.63) is 95.3 Å². The van der Waals surface area contributed by atoms with Gasteiger partial charge < -0.3 is 10.2 Å². The average molecular weight is 387 g/mol. The lowest BCUT2D eigenvalue weighted by Gasteiger charge is -2.17. The molecule has 2 aromatic carbocycles. The van der Waals surface area contributed by atoms with Crippen LogP contribution in [0.15, 0.2) is 73.1 Å². The fourth-order valence-corrected chi connectivity index (χ4v) is 2.96. The average Bonchev–Trinajstić information content (AvgIpc) is 2.78. The third kappa shape index (κ3) is 5.51. The Bertz CT molecular complexity index is 952. The number of aromatic nitrogens is 1. The first kappa shape index (κ1) is 20.3. The van der Waals surface area contributed by atoms with Crippen LogP contribution >= 0.6 is 0 Å². The Kier molecular flexibility index (Phi) is 6.74. The Morgan fingerprint density at radius 3 is 2.10 bits per heavy atom. The topological polar surface area (TPSA) is 62.3 Å². The van der Waals surface area contributed by atoms with Gasteiger partial charge in [0.15, 0.2) is 0 Å². The molecule has 0 bridgehead atoms. The molecule has 0 atom stereocenters. The van der Waals surface area contributed by atoms with Gasteiger partial charge in [-0.2, -0.15) is 0 Å². The van der Waals surface area contributed by atoms with Gasteiger partial charge in [-0.1, -0.05) is 19.1 Å². The van der Waals surface area contributed by atoms with Crippen LogP contribution in [-0.4, -0.2) is 35.3 Å². The van der Waals surface area contributed by atoms with Crippen molar-refractivity contribution in [2.45, 2.75) is 19.8 Å². The van der Waals surface area contributed by atoms with Crippen molar-refractivity contribution in [1.82, 2.24) is 9.88 Å². The molecule has 0 unspecified atom stereocenters. The molecule has 1 N–H and O–H groups in total. The van der Waals surface area contributed by atoms with Gasteiger partial charge in [-0.15, -0.1) is 0 Å². The second-order valence-electron chi connectivity index (χ2n) is 6.91. The van der Waals surface area contributed by atoms with Crippen LogP contribution in [0.4, 0.5) is 5.69 Å². The number of likely N-dealkylation sites (N-methyl/N-ethyl adjacent to an activating group) is 1. The molecule has 0 saturated heterocycles. The third-order valence-electron chi connectivity index (χ3n) is 4.85. The van der Waals surface area contributed by atoms with Crippen molar-refractivity contribution in [1.29, 1.82) is 0 Å². The molecule has 1 heterocycles. The summed E-state index contributed by atoms with van der Waals surface area (Å²) in [5.41, 5.74) is 4.19. The van der Waals surface area contributed by atoms with E-state index in [1.807, 2.05) is 36.4 Å². The first-order valence-corrected chi connectivity index (χ1v) is 9.71. The zero-order valence-electron chi connectivity index (χ0n) is 16.8. The molecular formula is C24H25N3O2. The van der Waals surface area contributed by atoms with Crippen molar-refractivity contribution >= 4 is 17.5 Å². The molecule has 3 rings (SSSR count). The van der Waals surface area contributed by atoms with Gasteiger partial charge in [0.05, 0.1) is 0 Å². The van der Waals surface area contributed by atoms with E-state index < -0.39 is 0 Å². The molecular weight excluding hydrogens is 362 g/mol. The molecule has 0 aliphatic rings. The Labute approximate surface area is 171 Å². The maximum absolute atomic E-state index is 12.6. The van der Waals surface area contributed by atoms with E-state index in [0.29, 0.717) is 17.7 Å². The molecule has 0 aliphatic heterocycles. The molecule has 29 heavy (non-hydrogen) atoms. The van der Waals surface area contributed by atoms with Crippen LogP contribution in [-0.2, 0) is 12.8 Å². The number of hydrogen-bond acceptors (Lipinski definition) is 3. The van der Waals surface area contributed by atoms with Crippen LogP contribution in [0.5, 0.6) is 0 Å². The number of nitrogens with one attached hydrogen (secondary N) is 1. The molecule has 0 aliphatic carbocycles. The van der Waals surface area contributed by atoms with Crippen molar-refractivity contribution in [3.8, 4) is 0 Å². The van der Waals surface area contributed by atoms with Gasteiger partial charge in [0.25, 0.3) is 11.8 Å². The first-order chi connectivity index (χ1) is 14.1. The summed E-state index contributed by atoms with van der Waals surface area (Å²) in [7, 11) is 1.78. The van der Waals surface area contributed by atoms with Crippen LogP contribution < -0.4 is 5.32 Å². The minimum Gasteiger partial charge on any atom is -0.341 e.